The Balaban J connectivity index is 1.88. The maximum atomic E-state index is 12.9. The molecule has 7 heteroatoms. The molecule has 0 aromatic carbocycles. The Kier molecular flexibility index (Phi) is 7.43. The summed E-state index contributed by atoms with van der Waals surface area (Å²) in [7, 11) is 0. The van der Waals surface area contributed by atoms with Crippen LogP contribution in [0, 0.1) is 5.92 Å². The van der Waals surface area contributed by atoms with Crippen LogP contribution in [0.2, 0.25) is 0 Å². The second kappa shape index (κ2) is 9.15. The average Bonchev–Trinajstić information content (AvgIpc) is 2.47. The predicted octanol–water partition coefficient (Wildman–Crippen LogP) is 1.17. The number of carbonyl (C=O) groups excluding carboxylic acids is 1. The number of carboxylic acid groups (broad SMARTS) is 1. The van der Waals surface area contributed by atoms with Gasteiger partial charge in [-0.25, -0.2) is 0 Å². The van der Waals surface area contributed by atoms with Crippen LogP contribution < -0.4 is 5.32 Å². The van der Waals surface area contributed by atoms with Crippen LogP contribution in [-0.2, 0) is 14.3 Å². The third-order valence-corrected chi connectivity index (χ3v) is 5.46. The highest BCUT2D eigenvalue weighted by atomic mass is 16.5. The fraction of sp³-hybridized carbons (Fsp3) is 0.895. The molecule has 1 aliphatic heterocycles. The lowest BCUT2D eigenvalue weighted by Gasteiger charge is -2.44. The first-order valence-corrected chi connectivity index (χ1v) is 9.86. The van der Waals surface area contributed by atoms with Gasteiger partial charge in [-0.05, 0) is 39.2 Å². The summed E-state index contributed by atoms with van der Waals surface area (Å²) in [5, 5.41) is 12.2. The van der Waals surface area contributed by atoms with E-state index in [1.165, 1.54) is 0 Å². The highest BCUT2D eigenvalue weighted by Crippen LogP contribution is 2.26. The number of likely N-dealkylation sites (N-methyl/N-ethyl adjacent to an activating group) is 1. The number of rotatable bonds is 8. The Morgan fingerprint density at radius 3 is 2.27 bits per heavy atom. The summed E-state index contributed by atoms with van der Waals surface area (Å²) in [4.78, 5) is 28.1. The van der Waals surface area contributed by atoms with E-state index in [-0.39, 0.29) is 48.7 Å². The lowest BCUT2D eigenvalue weighted by atomic mass is 9.84. The van der Waals surface area contributed by atoms with Gasteiger partial charge >= 0.3 is 5.97 Å². The van der Waals surface area contributed by atoms with E-state index in [1.54, 1.807) is 0 Å². The predicted molar refractivity (Wildman–Crippen MR) is 100 cm³/mol. The Morgan fingerprint density at radius 1 is 1.23 bits per heavy atom. The molecule has 150 valence electrons. The molecule has 1 amide bonds. The van der Waals surface area contributed by atoms with Gasteiger partial charge in [-0.1, -0.05) is 20.8 Å². The van der Waals surface area contributed by atoms with Crippen LogP contribution in [0.4, 0.5) is 0 Å². The molecule has 1 aliphatic carbocycles. The SMILES string of the molecule is CCN(CC(=O)O)C1CC(NC(=O)C(C(C)C)N2CC(C)OC(C)C2)C1. The molecule has 0 radical (unpaired) electrons. The minimum atomic E-state index is -0.797. The average molecular weight is 370 g/mol. The van der Waals surface area contributed by atoms with Crippen LogP contribution in [0.15, 0.2) is 0 Å². The van der Waals surface area contributed by atoms with Crippen LogP contribution in [0.25, 0.3) is 0 Å². The normalized spacial score (nSPS) is 30.9. The van der Waals surface area contributed by atoms with Gasteiger partial charge in [0.2, 0.25) is 5.91 Å². The van der Waals surface area contributed by atoms with E-state index < -0.39 is 5.97 Å². The van der Waals surface area contributed by atoms with Crippen LogP contribution in [-0.4, -0.2) is 83.3 Å². The first-order valence-electron chi connectivity index (χ1n) is 9.86. The van der Waals surface area contributed by atoms with Crippen molar-refractivity contribution < 1.29 is 19.4 Å². The first-order chi connectivity index (χ1) is 12.2. The molecule has 2 N–H and O–H groups in total. The maximum absolute atomic E-state index is 12.9. The number of carboxylic acids is 1. The van der Waals surface area contributed by atoms with E-state index in [0.717, 1.165) is 32.5 Å². The molecule has 0 aromatic rings. The molecule has 1 saturated carbocycles. The van der Waals surface area contributed by atoms with Crippen molar-refractivity contribution in [1.29, 1.82) is 0 Å². The minimum absolute atomic E-state index is 0.0695. The number of hydrogen-bond acceptors (Lipinski definition) is 5. The summed E-state index contributed by atoms with van der Waals surface area (Å²) in [6.45, 7) is 12.6. The quantitative estimate of drug-likeness (QED) is 0.668. The summed E-state index contributed by atoms with van der Waals surface area (Å²) in [6.07, 6.45) is 1.92. The summed E-state index contributed by atoms with van der Waals surface area (Å²) in [6, 6.07) is 0.249. The van der Waals surface area contributed by atoms with Gasteiger partial charge in [-0.15, -0.1) is 0 Å². The van der Waals surface area contributed by atoms with Crippen LogP contribution >= 0.6 is 0 Å². The molecule has 0 bridgehead atoms. The van der Waals surface area contributed by atoms with Crippen molar-refractivity contribution in [3.05, 3.63) is 0 Å². The summed E-state index contributed by atoms with van der Waals surface area (Å²) >= 11 is 0. The van der Waals surface area contributed by atoms with E-state index in [9.17, 15) is 9.59 Å². The van der Waals surface area contributed by atoms with E-state index >= 15 is 0 Å². The van der Waals surface area contributed by atoms with Crippen LogP contribution in [0.1, 0.15) is 47.5 Å². The molecule has 3 unspecified atom stereocenters. The lowest BCUT2D eigenvalue weighted by Crippen LogP contribution is -2.61. The summed E-state index contributed by atoms with van der Waals surface area (Å²) in [5.41, 5.74) is 0. The third kappa shape index (κ3) is 5.41. The number of aliphatic carboxylic acids is 1. The molecule has 1 heterocycles. The maximum Gasteiger partial charge on any atom is 0.317 e. The molecule has 26 heavy (non-hydrogen) atoms. The van der Waals surface area contributed by atoms with E-state index in [2.05, 4.69) is 37.9 Å². The van der Waals surface area contributed by atoms with Crippen LogP contribution in [0.5, 0.6) is 0 Å². The van der Waals surface area contributed by atoms with Crippen molar-refractivity contribution in [2.75, 3.05) is 26.2 Å². The molecule has 1 saturated heterocycles. The molecule has 0 spiro atoms. The topological polar surface area (TPSA) is 82.1 Å². The number of nitrogens with zero attached hydrogens (tertiary/aromatic N) is 2. The van der Waals surface area contributed by atoms with Gasteiger partial charge in [-0.2, -0.15) is 0 Å². The third-order valence-electron chi connectivity index (χ3n) is 5.46. The fourth-order valence-corrected chi connectivity index (χ4v) is 4.30. The van der Waals surface area contributed by atoms with Gasteiger partial charge < -0.3 is 15.2 Å². The van der Waals surface area contributed by atoms with E-state index in [4.69, 9.17) is 9.84 Å². The molecule has 2 rings (SSSR count). The standard InChI is InChI=1S/C19H35N3O4/c1-6-21(11-17(23)24)16-7-15(8-16)20-19(25)18(12(2)3)22-9-13(4)26-14(5)10-22/h12-16,18H,6-11H2,1-5H3,(H,20,25)(H,23,24). The van der Waals surface area contributed by atoms with Crippen molar-refractivity contribution in [3.63, 3.8) is 0 Å². The molecular weight excluding hydrogens is 334 g/mol. The fourth-order valence-electron chi connectivity index (χ4n) is 4.30. The van der Waals surface area contributed by atoms with Crippen molar-refractivity contribution >= 4 is 11.9 Å². The molecule has 2 aliphatic rings. The lowest BCUT2D eigenvalue weighted by molar-refractivity contribution is -0.141. The van der Waals surface area contributed by atoms with Gasteiger partial charge in [0.25, 0.3) is 0 Å². The molecule has 7 nitrogen and oxygen atoms in total. The van der Waals surface area contributed by atoms with E-state index in [0.29, 0.717) is 0 Å². The summed E-state index contributed by atoms with van der Waals surface area (Å²) in [5.74, 6) is -0.483. The minimum Gasteiger partial charge on any atom is -0.480 e. The number of carbonyl (C=O) groups is 2. The second-order valence-corrected chi connectivity index (χ2v) is 8.19. The van der Waals surface area contributed by atoms with Crippen molar-refractivity contribution in [3.8, 4) is 0 Å². The Hall–Kier alpha value is -1.18. The second-order valence-electron chi connectivity index (χ2n) is 8.19. The van der Waals surface area contributed by atoms with Gasteiger partial charge in [-0.3, -0.25) is 19.4 Å². The Bertz CT molecular complexity index is 483. The van der Waals surface area contributed by atoms with Crippen molar-refractivity contribution in [2.24, 2.45) is 5.92 Å². The van der Waals surface area contributed by atoms with Gasteiger partial charge in [0.05, 0.1) is 24.8 Å². The number of amides is 1. The highest BCUT2D eigenvalue weighted by Gasteiger charge is 2.38. The van der Waals surface area contributed by atoms with E-state index in [1.807, 2.05) is 11.8 Å². The highest BCUT2D eigenvalue weighted by molar-refractivity contribution is 5.82. The smallest absolute Gasteiger partial charge is 0.317 e. The molecule has 0 aromatic heterocycles. The van der Waals surface area contributed by atoms with Gasteiger partial charge in [0, 0.05) is 25.2 Å². The number of nitrogens with one attached hydrogen (secondary N) is 1. The Labute approximate surface area is 157 Å². The number of hydrogen-bond donors (Lipinski definition) is 2. The Morgan fingerprint density at radius 2 is 1.81 bits per heavy atom. The molecule has 3 atom stereocenters. The number of morpholine rings is 1. The molecular formula is C19H35N3O4. The van der Waals surface area contributed by atoms with Crippen molar-refractivity contribution in [2.45, 2.75) is 77.8 Å². The summed E-state index contributed by atoms with van der Waals surface area (Å²) < 4.78 is 5.80. The molecule has 2 fully saturated rings. The zero-order chi connectivity index (χ0) is 19.4. The largest absolute Gasteiger partial charge is 0.480 e. The number of ether oxygens (including phenoxy) is 1. The van der Waals surface area contributed by atoms with Gasteiger partial charge in [0.1, 0.15) is 0 Å². The zero-order valence-electron chi connectivity index (χ0n) is 16.8. The van der Waals surface area contributed by atoms with Gasteiger partial charge in [0.15, 0.2) is 0 Å². The monoisotopic (exact) mass is 369 g/mol. The van der Waals surface area contributed by atoms with Crippen LogP contribution in [0.3, 0.4) is 0 Å². The zero-order valence-corrected chi connectivity index (χ0v) is 16.8. The first kappa shape index (κ1) is 21.1. The van der Waals surface area contributed by atoms with Crippen molar-refractivity contribution in [1.82, 2.24) is 15.1 Å².